The summed E-state index contributed by atoms with van der Waals surface area (Å²) in [5.41, 5.74) is 1.78. The molecule has 2 aliphatic rings. The van der Waals surface area contributed by atoms with E-state index in [2.05, 4.69) is 15.0 Å². The van der Waals surface area contributed by atoms with Crippen LogP contribution in [0.25, 0.3) is 11.4 Å². The molecule has 2 aliphatic heterocycles. The highest BCUT2D eigenvalue weighted by atomic mass is 32.2. The lowest BCUT2D eigenvalue weighted by molar-refractivity contribution is -0.138. The van der Waals surface area contributed by atoms with Crippen molar-refractivity contribution in [2.24, 2.45) is 5.92 Å². The fourth-order valence-electron chi connectivity index (χ4n) is 5.21. The van der Waals surface area contributed by atoms with Gasteiger partial charge in [-0.25, -0.2) is 8.42 Å². The van der Waals surface area contributed by atoms with Crippen molar-refractivity contribution in [2.75, 3.05) is 53.5 Å². The van der Waals surface area contributed by atoms with Gasteiger partial charge >= 0.3 is 0 Å². The number of rotatable bonds is 8. The fourth-order valence-corrected chi connectivity index (χ4v) is 6.63. The van der Waals surface area contributed by atoms with E-state index in [1.54, 1.807) is 44.6 Å². The molecule has 2 aromatic carbocycles. The molecule has 3 aromatic rings. The van der Waals surface area contributed by atoms with E-state index in [0.717, 1.165) is 37.1 Å². The van der Waals surface area contributed by atoms with Crippen LogP contribution in [0.2, 0.25) is 0 Å². The second-order valence-electron chi connectivity index (χ2n) is 10.2. The predicted molar refractivity (Wildman–Crippen MR) is 147 cm³/mol. The number of methoxy groups -OCH3 is 2. The third kappa shape index (κ3) is 5.98. The van der Waals surface area contributed by atoms with Crippen molar-refractivity contribution in [3.05, 3.63) is 53.9 Å². The number of carbonyl (C=O) groups is 1. The van der Waals surface area contributed by atoms with Gasteiger partial charge in [0.2, 0.25) is 27.6 Å². The van der Waals surface area contributed by atoms with E-state index in [1.807, 2.05) is 24.0 Å². The number of ether oxygens (including phenoxy) is 2. The minimum atomic E-state index is -3.56. The number of benzene rings is 2. The van der Waals surface area contributed by atoms with Gasteiger partial charge in [0.25, 0.3) is 0 Å². The molecule has 1 amide bonds. The summed E-state index contributed by atoms with van der Waals surface area (Å²) < 4.78 is 43.6. The van der Waals surface area contributed by atoms with Crippen molar-refractivity contribution in [1.29, 1.82) is 0 Å². The number of amides is 1. The van der Waals surface area contributed by atoms with Gasteiger partial charge < -0.3 is 18.9 Å². The molecule has 0 atom stereocenters. The number of aromatic nitrogens is 2. The van der Waals surface area contributed by atoms with Crippen LogP contribution in [0.1, 0.15) is 24.3 Å². The quantitative estimate of drug-likeness (QED) is 0.403. The maximum absolute atomic E-state index is 13.2. The summed E-state index contributed by atoms with van der Waals surface area (Å²) >= 11 is 0. The van der Waals surface area contributed by atoms with Crippen LogP contribution in [0.4, 0.5) is 0 Å². The first kappa shape index (κ1) is 28.1. The number of carbonyl (C=O) groups excluding carboxylic acids is 1. The SMILES string of the molecule is COc1ccc(-c2noc(CN3CCC(C(=O)N4CCN(S(=O)(=O)c5ccc(C)cc5)CC4)CC3)n2)cc1OC. The molecule has 0 N–H and O–H groups in total. The monoisotopic (exact) mass is 569 g/mol. The number of likely N-dealkylation sites (tertiary alicyclic amines) is 1. The molecule has 0 bridgehead atoms. The fraction of sp³-hybridized carbons (Fsp3) is 0.464. The van der Waals surface area contributed by atoms with Gasteiger partial charge in [-0.2, -0.15) is 9.29 Å². The van der Waals surface area contributed by atoms with E-state index in [-0.39, 0.29) is 11.8 Å². The summed E-state index contributed by atoms with van der Waals surface area (Å²) in [6, 6.07) is 12.3. The van der Waals surface area contributed by atoms with E-state index in [4.69, 9.17) is 14.0 Å². The smallest absolute Gasteiger partial charge is 0.243 e. The Kier molecular flexibility index (Phi) is 8.38. The van der Waals surface area contributed by atoms with Gasteiger partial charge in [0, 0.05) is 37.7 Å². The average Bonchev–Trinajstić information content (AvgIpc) is 3.45. The minimum Gasteiger partial charge on any atom is -0.493 e. The molecule has 1 aromatic heterocycles. The summed E-state index contributed by atoms with van der Waals surface area (Å²) in [7, 11) is -0.393. The van der Waals surface area contributed by atoms with Crippen LogP contribution >= 0.6 is 0 Å². The van der Waals surface area contributed by atoms with Crippen LogP contribution in [0.3, 0.4) is 0 Å². The maximum atomic E-state index is 13.2. The standard InChI is InChI=1S/C28H35N5O6S/c1-20-4-7-23(8-5-20)40(35,36)33-16-14-32(15-17-33)28(34)21-10-12-31(13-11-21)19-26-29-27(30-39-26)22-6-9-24(37-2)25(18-22)38-3/h4-9,18,21H,10-17,19H2,1-3H3. The number of nitrogens with zero attached hydrogens (tertiary/aromatic N) is 5. The summed E-state index contributed by atoms with van der Waals surface area (Å²) in [5.74, 6) is 2.25. The highest BCUT2D eigenvalue weighted by molar-refractivity contribution is 7.89. The first-order chi connectivity index (χ1) is 19.3. The van der Waals surface area contributed by atoms with Crippen LogP contribution in [0, 0.1) is 12.8 Å². The van der Waals surface area contributed by atoms with Crippen molar-refractivity contribution in [2.45, 2.75) is 31.2 Å². The van der Waals surface area contributed by atoms with Crippen molar-refractivity contribution >= 4 is 15.9 Å². The Morgan fingerprint density at radius 1 is 0.950 bits per heavy atom. The van der Waals surface area contributed by atoms with Crippen molar-refractivity contribution in [3.63, 3.8) is 0 Å². The Morgan fingerprint density at radius 2 is 1.62 bits per heavy atom. The Bertz CT molecular complexity index is 1430. The largest absolute Gasteiger partial charge is 0.493 e. The van der Waals surface area contributed by atoms with Gasteiger partial charge in [0.1, 0.15) is 0 Å². The molecule has 11 nitrogen and oxygen atoms in total. The molecule has 0 radical (unpaired) electrons. The lowest BCUT2D eigenvalue weighted by atomic mass is 9.95. The number of piperidine rings is 1. The van der Waals surface area contributed by atoms with Crippen molar-refractivity contribution < 1.29 is 27.2 Å². The van der Waals surface area contributed by atoms with E-state index >= 15 is 0 Å². The molecule has 0 saturated carbocycles. The Labute approximate surface area is 234 Å². The molecular weight excluding hydrogens is 534 g/mol. The zero-order valence-electron chi connectivity index (χ0n) is 23.1. The molecule has 2 saturated heterocycles. The van der Waals surface area contributed by atoms with Gasteiger partial charge in [-0.05, 0) is 63.2 Å². The third-order valence-corrected chi connectivity index (χ3v) is 9.53. The maximum Gasteiger partial charge on any atom is 0.243 e. The number of piperazine rings is 1. The number of hydrogen-bond donors (Lipinski definition) is 0. The zero-order valence-corrected chi connectivity index (χ0v) is 23.9. The normalized spacial score (nSPS) is 17.6. The molecule has 12 heteroatoms. The van der Waals surface area contributed by atoms with Gasteiger partial charge in [0.15, 0.2) is 11.5 Å². The molecule has 0 aliphatic carbocycles. The van der Waals surface area contributed by atoms with E-state index in [0.29, 0.717) is 60.8 Å². The first-order valence-corrected chi connectivity index (χ1v) is 14.9. The summed E-state index contributed by atoms with van der Waals surface area (Å²) in [5, 5.41) is 4.12. The molecule has 0 unspecified atom stereocenters. The van der Waals surface area contributed by atoms with E-state index in [1.165, 1.54) is 4.31 Å². The minimum absolute atomic E-state index is 0.0680. The Balaban J connectivity index is 1.10. The third-order valence-electron chi connectivity index (χ3n) is 7.61. The topological polar surface area (TPSA) is 118 Å². The second-order valence-corrected chi connectivity index (χ2v) is 12.1. The molecule has 2 fully saturated rings. The molecular formula is C28H35N5O6S. The van der Waals surface area contributed by atoms with Crippen molar-refractivity contribution in [3.8, 4) is 22.9 Å². The van der Waals surface area contributed by atoms with Gasteiger partial charge in [0.05, 0.1) is 25.7 Å². The Hall–Kier alpha value is -3.48. The van der Waals surface area contributed by atoms with Gasteiger partial charge in [-0.3, -0.25) is 9.69 Å². The van der Waals surface area contributed by atoms with Crippen LogP contribution in [-0.4, -0.2) is 92.1 Å². The lowest BCUT2D eigenvalue weighted by Gasteiger charge is -2.38. The lowest BCUT2D eigenvalue weighted by Crippen LogP contribution is -2.52. The molecule has 0 spiro atoms. The number of aryl methyl sites for hydroxylation is 1. The van der Waals surface area contributed by atoms with Gasteiger partial charge in [-0.1, -0.05) is 22.9 Å². The molecule has 5 rings (SSSR count). The summed E-state index contributed by atoms with van der Waals surface area (Å²) in [4.78, 5) is 22.1. The summed E-state index contributed by atoms with van der Waals surface area (Å²) in [6.07, 6.45) is 1.47. The number of sulfonamides is 1. The van der Waals surface area contributed by atoms with Crippen LogP contribution in [0.5, 0.6) is 11.5 Å². The zero-order chi connectivity index (χ0) is 28.3. The Morgan fingerprint density at radius 3 is 2.27 bits per heavy atom. The van der Waals surface area contributed by atoms with E-state index < -0.39 is 10.0 Å². The van der Waals surface area contributed by atoms with Gasteiger partial charge in [-0.15, -0.1) is 0 Å². The molecule has 214 valence electrons. The number of hydrogen-bond acceptors (Lipinski definition) is 9. The molecule has 40 heavy (non-hydrogen) atoms. The summed E-state index contributed by atoms with van der Waals surface area (Å²) in [6.45, 7) is 5.35. The highest BCUT2D eigenvalue weighted by Gasteiger charge is 2.34. The second kappa shape index (κ2) is 11.9. The average molecular weight is 570 g/mol. The van der Waals surface area contributed by atoms with Crippen LogP contribution in [0.15, 0.2) is 51.9 Å². The van der Waals surface area contributed by atoms with Crippen molar-refractivity contribution in [1.82, 2.24) is 24.2 Å². The van der Waals surface area contributed by atoms with Crippen LogP contribution in [-0.2, 0) is 21.4 Å². The van der Waals surface area contributed by atoms with E-state index in [9.17, 15) is 13.2 Å². The molecule has 3 heterocycles. The predicted octanol–water partition coefficient (Wildman–Crippen LogP) is 2.81. The van der Waals surface area contributed by atoms with Crippen LogP contribution < -0.4 is 9.47 Å². The first-order valence-electron chi connectivity index (χ1n) is 13.4. The highest BCUT2D eigenvalue weighted by Crippen LogP contribution is 2.31.